The number of amides is 1. The fourth-order valence-corrected chi connectivity index (χ4v) is 3.78. The molecule has 2 fully saturated rings. The molecule has 126 valence electrons. The second-order valence-corrected chi connectivity index (χ2v) is 8.19. The number of benzene rings is 1. The van der Waals surface area contributed by atoms with Crippen LogP contribution in [0.4, 0.5) is 14.9 Å². The fourth-order valence-electron chi connectivity index (χ4n) is 3.45. The molecule has 2 saturated heterocycles. The summed E-state index contributed by atoms with van der Waals surface area (Å²) in [5, 5.41) is 0. The standard InChI is InChI=1S/C17H22BrFN2O2/c1-17(2,3)23-16(22)21-12-5-6-13(21)10-20(9-12)15-7-4-11(18)8-14(15)19/h4,7-8,12-13H,5-6,9-10H2,1-3H3. The van der Waals surface area contributed by atoms with Crippen LogP contribution in [0, 0.1) is 5.82 Å². The first-order valence-electron chi connectivity index (χ1n) is 7.96. The van der Waals surface area contributed by atoms with Crippen molar-refractivity contribution in [2.24, 2.45) is 0 Å². The minimum absolute atomic E-state index is 0.0895. The van der Waals surface area contributed by atoms with Gasteiger partial charge in [0.25, 0.3) is 0 Å². The molecule has 2 aliphatic rings. The molecule has 2 aliphatic heterocycles. The number of hydrogen-bond donors (Lipinski definition) is 0. The van der Waals surface area contributed by atoms with Gasteiger partial charge in [-0.3, -0.25) is 4.90 Å². The van der Waals surface area contributed by atoms with Crippen molar-refractivity contribution < 1.29 is 13.9 Å². The van der Waals surface area contributed by atoms with E-state index in [0.717, 1.165) is 17.3 Å². The molecule has 0 radical (unpaired) electrons. The summed E-state index contributed by atoms with van der Waals surface area (Å²) in [5.74, 6) is -0.232. The predicted molar refractivity (Wildman–Crippen MR) is 91.2 cm³/mol. The number of rotatable bonds is 1. The van der Waals surface area contributed by atoms with E-state index >= 15 is 0 Å². The molecule has 2 unspecified atom stereocenters. The Morgan fingerprint density at radius 2 is 1.87 bits per heavy atom. The van der Waals surface area contributed by atoms with E-state index in [-0.39, 0.29) is 24.0 Å². The fraction of sp³-hybridized carbons (Fsp3) is 0.588. The number of nitrogens with zero attached hydrogens (tertiary/aromatic N) is 2. The van der Waals surface area contributed by atoms with E-state index in [1.165, 1.54) is 6.07 Å². The normalized spacial score (nSPS) is 24.0. The average molecular weight is 385 g/mol. The second-order valence-electron chi connectivity index (χ2n) is 7.27. The zero-order valence-electron chi connectivity index (χ0n) is 13.7. The molecule has 0 spiro atoms. The smallest absolute Gasteiger partial charge is 0.410 e. The van der Waals surface area contributed by atoms with Gasteiger partial charge in [0.2, 0.25) is 0 Å². The van der Waals surface area contributed by atoms with Crippen molar-refractivity contribution in [3.63, 3.8) is 0 Å². The number of piperazine rings is 1. The maximum Gasteiger partial charge on any atom is 0.410 e. The number of ether oxygens (including phenoxy) is 1. The molecule has 0 aromatic heterocycles. The van der Waals surface area contributed by atoms with Gasteiger partial charge in [-0.1, -0.05) is 15.9 Å². The Morgan fingerprint density at radius 3 is 2.39 bits per heavy atom. The van der Waals surface area contributed by atoms with E-state index in [0.29, 0.717) is 18.8 Å². The number of hydrogen-bond acceptors (Lipinski definition) is 3. The van der Waals surface area contributed by atoms with Crippen LogP contribution >= 0.6 is 15.9 Å². The molecule has 23 heavy (non-hydrogen) atoms. The lowest BCUT2D eigenvalue weighted by molar-refractivity contribution is 0.0123. The Kier molecular flexibility index (Phi) is 4.29. The highest BCUT2D eigenvalue weighted by Gasteiger charge is 2.44. The van der Waals surface area contributed by atoms with E-state index in [4.69, 9.17) is 4.74 Å². The molecule has 3 rings (SSSR count). The molecule has 2 heterocycles. The third-order valence-corrected chi connectivity index (χ3v) is 4.83. The second kappa shape index (κ2) is 5.96. The van der Waals surface area contributed by atoms with Gasteiger partial charge in [-0.05, 0) is 51.8 Å². The van der Waals surface area contributed by atoms with E-state index in [1.54, 1.807) is 6.07 Å². The highest BCUT2D eigenvalue weighted by atomic mass is 79.9. The van der Waals surface area contributed by atoms with Gasteiger partial charge in [0.15, 0.2) is 0 Å². The first-order chi connectivity index (χ1) is 10.7. The van der Waals surface area contributed by atoms with Gasteiger partial charge in [-0.2, -0.15) is 0 Å². The number of carbonyl (C=O) groups excluding carboxylic acids is 1. The van der Waals surface area contributed by atoms with Crippen LogP contribution in [0.5, 0.6) is 0 Å². The van der Waals surface area contributed by atoms with Crippen LogP contribution in [0.3, 0.4) is 0 Å². The number of anilines is 1. The summed E-state index contributed by atoms with van der Waals surface area (Å²) < 4.78 is 20.5. The maximum atomic E-state index is 14.2. The van der Waals surface area contributed by atoms with Crippen molar-refractivity contribution in [2.75, 3.05) is 18.0 Å². The lowest BCUT2D eigenvalue weighted by atomic mass is 10.1. The molecule has 1 aromatic carbocycles. The molecule has 2 bridgehead atoms. The molecule has 1 amide bonds. The molecule has 0 aliphatic carbocycles. The highest BCUT2D eigenvalue weighted by Crippen LogP contribution is 2.35. The molecular weight excluding hydrogens is 363 g/mol. The largest absolute Gasteiger partial charge is 0.444 e. The van der Waals surface area contributed by atoms with Crippen LogP contribution in [0.25, 0.3) is 0 Å². The van der Waals surface area contributed by atoms with Gasteiger partial charge in [0, 0.05) is 17.6 Å². The van der Waals surface area contributed by atoms with E-state index in [9.17, 15) is 9.18 Å². The Morgan fingerprint density at radius 1 is 1.26 bits per heavy atom. The number of fused-ring (bicyclic) bond motifs is 2. The summed E-state index contributed by atoms with van der Waals surface area (Å²) in [5.41, 5.74) is 0.111. The summed E-state index contributed by atoms with van der Waals surface area (Å²) in [6.07, 6.45) is 1.64. The SMILES string of the molecule is CC(C)(C)OC(=O)N1C2CCC1CN(c1ccc(Br)cc1F)C2. The molecule has 1 aromatic rings. The van der Waals surface area contributed by atoms with Gasteiger partial charge in [0.1, 0.15) is 11.4 Å². The topological polar surface area (TPSA) is 32.8 Å². The van der Waals surface area contributed by atoms with Crippen LogP contribution in [0.2, 0.25) is 0 Å². The van der Waals surface area contributed by atoms with Crippen LogP contribution in [-0.4, -0.2) is 41.8 Å². The number of halogens is 2. The maximum absolute atomic E-state index is 14.2. The molecular formula is C17H22BrFN2O2. The highest BCUT2D eigenvalue weighted by molar-refractivity contribution is 9.10. The summed E-state index contributed by atoms with van der Waals surface area (Å²) in [6, 6.07) is 5.30. The molecule has 0 saturated carbocycles. The van der Waals surface area contributed by atoms with Crippen LogP contribution in [0.1, 0.15) is 33.6 Å². The van der Waals surface area contributed by atoms with Crippen LogP contribution in [-0.2, 0) is 4.74 Å². The molecule has 4 nitrogen and oxygen atoms in total. The first-order valence-corrected chi connectivity index (χ1v) is 8.75. The third-order valence-electron chi connectivity index (χ3n) is 4.34. The zero-order valence-corrected chi connectivity index (χ0v) is 15.3. The lowest BCUT2D eigenvalue weighted by Gasteiger charge is -2.42. The Hall–Kier alpha value is -1.30. The van der Waals surface area contributed by atoms with Gasteiger partial charge >= 0.3 is 6.09 Å². The van der Waals surface area contributed by atoms with Gasteiger partial charge in [-0.15, -0.1) is 0 Å². The van der Waals surface area contributed by atoms with E-state index < -0.39 is 5.60 Å². The minimum atomic E-state index is -0.495. The predicted octanol–water partition coefficient (Wildman–Crippen LogP) is 4.18. The average Bonchev–Trinajstić information content (AvgIpc) is 2.68. The first kappa shape index (κ1) is 16.6. The summed E-state index contributed by atoms with van der Waals surface area (Å²) in [6.45, 7) is 6.92. The van der Waals surface area contributed by atoms with Gasteiger partial charge in [-0.25, -0.2) is 9.18 Å². The van der Waals surface area contributed by atoms with E-state index in [2.05, 4.69) is 15.9 Å². The summed E-state index contributed by atoms with van der Waals surface area (Å²) in [4.78, 5) is 16.3. The van der Waals surface area contributed by atoms with E-state index in [1.807, 2.05) is 36.6 Å². The summed E-state index contributed by atoms with van der Waals surface area (Å²) >= 11 is 3.28. The molecule has 2 atom stereocenters. The van der Waals surface area contributed by atoms with Gasteiger partial charge in [0.05, 0.1) is 17.8 Å². The van der Waals surface area contributed by atoms with Crippen LogP contribution in [0.15, 0.2) is 22.7 Å². The molecule has 6 heteroatoms. The quantitative estimate of drug-likeness (QED) is 0.727. The van der Waals surface area contributed by atoms with Crippen molar-refractivity contribution in [1.82, 2.24) is 4.90 Å². The third kappa shape index (κ3) is 3.47. The molecule has 0 N–H and O–H groups in total. The van der Waals surface area contributed by atoms with Gasteiger partial charge < -0.3 is 9.64 Å². The van der Waals surface area contributed by atoms with Crippen molar-refractivity contribution in [3.05, 3.63) is 28.5 Å². The Labute approximate surface area is 144 Å². The lowest BCUT2D eigenvalue weighted by Crippen LogP contribution is -2.57. The summed E-state index contributed by atoms with van der Waals surface area (Å²) in [7, 11) is 0. The van der Waals surface area contributed by atoms with Crippen molar-refractivity contribution >= 4 is 27.7 Å². The van der Waals surface area contributed by atoms with Crippen molar-refractivity contribution in [2.45, 2.75) is 51.3 Å². The van der Waals surface area contributed by atoms with Crippen molar-refractivity contribution in [3.8, 4) is 0 Å². The number of carbonyl (C=O) groups is 1. The Bertz CT molecular complexity index is 603. The zero-order chi connectivity index (χ0) is 16.8. The van der Waals surface area contributed by atoms with Crippen LogP contribution < -0.4 is 4.90 Å². The van der Waals surface area contributed by atoms with Crippen molar-refractivity contribution in [1.29, 1.82) is 0 Å². The monoisotopic (exact) mass is 384 g/mol. The Balaban J connectivity index is 1.75. The minimum Gasteiger partial charge on any atom is -0.444 e.